The molecule has 6 nitrogen and oxygen atoms in total. The number of hydrogen-bond acceptors (Lipinski definition) is 5. The first-order valence-corrected chi connectivity index (χ1v) is 8.45. The van der Waals surface area contributed by atoms with Crippen molar-refractivity contribution >= 4 is 14.6 Å². The van der Waals surface area contributed by atoms with Gasteiger partial charge in [-0.1, -0.05) is 18.2 Å². The van der Waals surface area contributed by atoms with Gasteiger partial charge in [-0.05, 0) is 0 Å². The molecule has 1 N–H and O–H groups in total. The lowest BCUT2D eigenvalue weighted by Crippen LogP contribution is -2.00. The minimum atomic E-state index is -4.55. The first kappa shape index (κ1) is 16.5. The highest BCUT2D eigenvalue weighted by molar-refractivity contribution is 8.27. The van der Waals surface area contributed by atoms with Gasteiger partial charge in [0.05, 0.1) is 19.8 Å². The first-order chi connectivity index (χ1) is 7.93. The molecule has 0 spiro atoms. The van der Waals surface area contributed by atoms with Crippen LogP contribution >= 0.6 is 14.6 Å². The third kappa shape index (κ3) is 5.13. The van der Waals surface area contributed by atoms with E-state index in [1.165, 1.54) is 18.2 Å². The summed E-state index contributed by atoms with van der Waals surface area (Å²) in [5.41, 5.74) is 0. The van der Waals surface area contributed by atoms with Gasteiger partial charge in [-0.25, -0.2) is 9.13 Å². The summed E-state index contributed by atoms with van der Waals surface area (Å²) in [6.07, 6.45) is 3.79. The van der Waals surface area contributed by atoms with Crippen molar-refractivity contribution in [1.29, 1.82) is 0 Å². The Kier molecular flexibility index (Phi) is 7.55. The zero-order valence-electron chi connectivity index (χ0n) is 9.36. The van der Waals surface area contributed by atoms with Crippen LogP contribution in [-0.4, -0.2) is 24.7 Å². The van der Waals surface area contributed by atoms with Crippen molar-refractivity contribution < 1.29 is 27.6 Å². The first-order valence-electron chi connectivity index (χ1n) is 4.63. The fourth-order valence-corrected chi connectivity index (χ4v) is 3.99. The molecule has 0 aliphatic carbocycles. The highest BCUT2D eigenvalue weighted by atomic mass is 32.1. The molecule has 0 amide bonds. The van der Waals surface area contributed by atoms with E-state index in [9.17, 15) is 14.0 Å². The average Bonchev–Trinajstić information content (AvgIpc) is 2.31. The van der Waals surface area contributed by atoms with Crippen LogP contribution in [0.4, 0.5) is 0 Å². The third-order valence-electron chi connectivity index (χ3n) is 1.38. The fraction of sp³-hybridized carbons (Fsp3) is 0.333. The highest BCUT2D eigenvalue weighted by Gasteiger charge is 2.47. The van der Waals surface area contributed by atoms with Gasteiger partial charge in [0.1, 0.15) is 0 Å². The molecule has 0 aliphatic rings. The van der Waals surface area contributed by atoms with Crippen molar-refractivity contribution in [3.8, 4) is 0 Å². The monoisotopic (exact) mass is 282 g/mol. The summed E-state index contributed by atoms with van der Waals surface area (Å²) < 4.78 is 37.8. The molecule has 0 radical (unpaired) electrons. The van der Waals surface area contributed by atoms with Gasteiger partial charge in [-0.2, -0.15) is 0 Å². The largest absolute Gasteiger partial charge is 0.441 e. The molecule has 0 bridgehead atoms. The predicted octanol–water partition coefficient (Wildman–Crippen LogP) is 2.89. The van der Waals surface area contributed by atoms with Gasteiger partial charge in [0.25, 0.3) is 0 Å². The van der Waals surface area contributed by atoms with E-state index >= 15 is 0 Å². The summed E-state index contributed by atoms with van der Waals surface area (Å²) >= 11 is 0. The van der Waals surface area contributed by atoms with E-state index in [0.29, 0.717) is 0 Å². The van der Waals surface area contributed by atoms with Crippen molar-refractivity contribution in [2.75, 3.05) is 19.8 Å². The fourth-order valence-electron chi connectivity index (χ4n) is 0.697. The van der Waals surface area contributed by atoms with E-state index in [0.717, 1.165) is 0 Å². The summed E-state index contributed by atoms with van der Waals surface area (Å²) in [7, 11) is -8.83. The van der Waals surface area contributed by atoms with Gasteiger partial charge in [0, 0.05) is 0 Å². The van der Waals surface area contributed by atoms with Crippen LogP contribution in [0, 0.1) is 0 Å². The Labute approximate surface area is 101 Å². The smallest absolute Gasteiger partial charge is 0.316 e. The van der Waals surface area contributed by atoms with Gasteiger partial charge in [0.15, 0.2) is 0 Å². The molecule has 0 saturated heterocycles. The summed E-state index contributed by atoms with van der Waals surface area (Å²) in [4.78, 5) is 9.52. The quantitative estimate of drug-likeness (QED) is 0.490. The normalized spacial score (nSPS) is 14.9. The number of hydrogen-bond donors (Lipinski definition) is 1. The van der Waals surface area contributed by atoms with Crippen molar-refractivity contribution in [3.05, 3.63) is 38.0 Å². The average molecular weight is 282 g/mol. The van der Waals surface area contributed by atoms with E-state index in [-0.39, 0.29) is 19.8 Å². The zero-order valence-corrected chi connectivity index (χ0v) is 11.1. The minimum absolute atomic E-state index is 0.198. The van der Waals surface area contributed by atoms with Crippen LogP contribution in [-0.2, 0) is 22.7 Å². The maximum Gasteiger partial charge on any atom is 0.441 e. The minimum Gasteiger partial charge on any atom is -0.316 e. The van der Waals surface area contributed by atoms with E-state index in [4.69, 9.17) is 9.05 Å². The molecule has 98 valence electrons. The lowest BCUT2D eigenvalue weighted by Gasteiger charge is -2.20. The van der Waals surface area contributed by atoms with Crippen LogP contribution in [0.3, 0.4) is 0 Å². The Morgan fingerprint density at radius 2 is 1.24 bits per heavy atom. The molecule has 0 aromatic carbocycles. The Morgan fingerprint density at radius 3 is 1.59 bits per heavy atom. The Balaban J connectivity index is 4.92. The molecular weight excluding hydrogens is 266 g/mol. The second-order valence-electron chi connectivity index (χ2n) is 2.71. The Bertz CT molecular complexity index is 348. The second-order valence-corrected chi connectivity index (χ2v) is 8.39. The van der Waals surface area contributed by atoms with E-state index < -0.39 is 14.6 Å². The van der Waals surface area contributed by atoms with Gasteiger partial charge >= 0.3 is 14.6 Å². The van der Waals surface area contributed by atoms with E-state index in [2.05, 4.69) is 24.3 Å². The molecule has 0 aromatic rings. The Morgan fingerprint density at radius 1 is 0.882 bits per heavy atom. The van der Waals surface area contributed by atoms with Crippen LogP contribution in [0.25, 0.3) is 0 Å². The summed E-state index contributed by atoms with van der Waals surface area (Å²) in [5.74, 6) is 0. The maximum atomic E-state index is 12.0. The topological polar surface area (TPSA) is 82.1 Å². The van der Waals surface area contributed by atoms with Gasteiger partial charge in [-0.15, -0.1) is 19.7 Å². The Hall–Kier alpha value is -0.480. The zero-order chi connectivity index (χ0) is 13.4. The molecule has 1 unspecified atom stereocenters. The van der Waals surface area contributed by atoms with Gasteiger partial charge < -0.3 is 4.89 Å². The van der Waals surface area contributed by atoms with Crippen LogP contribution in [0.5, 0.6) is 0 Å². The molecule has 0 fully saturated rings. The van der Waals surface area contributed by atoms with Crippen LogP contribution < -0.4 is 0 Å². The van der Waals surface area contributed by atoms with Crippen molar-refractivity contribution in [3.63, 3.8) is 0 Å². The molecule has 8 heteroatoms. The molecule has 0 heterocycles. The van der Waals surface area contributed by atoms with Crippen LogP contribution in [0.15, 0.2) is 38.0 Å². The van der Waals surface area contributed by atoms with Crippen LogP contribution in [0.2, 0.25) is 0 Å². The second kappa shape index (κ2) is 7.77. The lowest BCUT2D eigenvalue weighted by atomic mass is 10.7. The van der Waals surface area contributed by atoms with Crippen molar-refractivity contribution in [2.24, 2.45) is 0 Å². The molecular formula is C9H16O6P2. The summed E-state index contributed by atoms with van der Waals surface area (Å²) in [6, 6.07) is 0. The molecule has 0 saturated carbocycles. The predicted molar refractivity (Wildman–Crippen MR) is 65.9 cm³/mol. The lowest BCUT2D eigenvalue weighted by molar-refractivity contribution is 0.227. The van der Waals surface area contributed by atoms with E-state index in [1.54, 1.807) is 0 Å². The van der Waals surface area contributed by atoms with Crippen LogP contribution in [0.1, 0.15) is 0 Å². The number of rotatable bonds is 10. The summed E-state index contributed by atoms with van der Waals surface area (Å²) in [5, 5.41) is 0. The van der Waals surface area contributed by atoms with E-state index in [1.807, 2.05) is 0 Å². The van der Waals surface area contributed by atoms with Crippen molar-refractivity contribution in [1.82, 2.24) is 0 Å². The molecule has 0 aromatic heterocycles. The third-order valence-corrected chi connectivity index (χ3v) is 6.33. The highest BCUT2D eigenvalue weighted by Crippen LogP contribution is 2.80. The summed E-state index contributed by atoms with van der Waals surface area (Å²) in [6.45, 7) is 9.35. The van der Waals surface area contributed by atoms with Gasteiger partial charge in [0.2, 0.25) is 0 Å². The molecule has 0 rings (SSSR count). The molecule has 17 heavy (non-hydrogen) atoms. The standard InChI is InChI=1S/C9H16O6P2/c1-4-7-13-16(10,11)17(12,14-8-5-2)15-9-6-3/h4-6H,1-3,7-9H2,(H,10,11). The SMILES string of the molecule is C=CCOP(=O)(O)P(=O)(OCC=C)OCC=C. The van der Waals surface area contributed by atoms with Crippen molar-refractivity contribution in [2.45, 2.75) is 0 Å². The molecule has 0 aliphatic heterocycles. The van der Waals surface area contributed by atoms with Gasteiger partial charge in [-0.3, -0.25) is 13.6 Å². The molecule has 1 atom stereocenters. The maximum absolute atomic E-state index is 12.0.